The Morgan fingerprint density at radius 3 is 2.41 bits per heavy atom. The summed E-state index contributed by atoms with van der Waals surface area (Å²) in [4.78, 5) is 0. The van der Waals surface area contributed by atoms with Gasteiger partial charge < -0.3 is 5.11 Å². The average Bonchev–Trinajstić information content (AvgIpc) is 2.38. The maximum Gasteiger partial charge on any atom is 0.123 e. The SMILES string of the molecule is CCc1cccc(-c2c(O)cccc2CC)c1. The minimum Gasteiger partial charge on any atom is -0.507 e. The molecule has 0 aliphatic rings. The topological polar surface area (TPSA) is 20.2 Å². The molecule has 0 heterocycles. The molecule has 1 N–H and O–H groups in total. The summed E-state index contributed by atoms with van der Waals surface area (Å²) < 4.78 is 0. The molecule has 0 saturated carbocycles. The fraction of sp³-hybridized carbons (Fsp3) is 0.250. The van der Waals surface area contributed by atoms with Gasteiger partial charge in [0.25, 0.3) is 0 Å². The van der Waals surface area contributed by atoms with E-state index in [1.807, 2.05) is 6.07 Å². The molecule has 0 spiro atoms. The first kappa shape index (κ1) is 11.7. The van der Waals surface area contributed by atoms with Gasteiger partial charge in [-0.1, -0.05) is 50.2 Å². The number of aryl methyl sites for hydroxylation is 2. The lowest BCUT2D eigenvalue weighted by Gasteiger charge is -2.11. The quantitative estimate of drug-likeness (QED) is 0.832. The van der Waals surface area contributed by atoms with Crippen LogP contribution < -0.4 is 0 Å². The Hall–Kier alpha value is -1.76. The van der Waals surface area contributed by atoms with Crippen molar-refractivity contribution < 1.29 is 5.11 Å². The molecule has 1 heteroatoms. The smallest absolute Gasteiger partial charge is 0.123 e. The first-order valence-electron chi connectivity index (χ1n) is 6.16. The van der Waals surface area contributed by atoms with E-state index in [-0.39, 0.29) is 0 Å². The number of hydrogen-bond donors (Lipinski definition) is 1. The predicted molar refractivity (Wildman–Crippen MR) is 72.3 cm³/mol. The van der Waals surface area contributed by atoms with Crippen LogP contribution in [-0.4, -0.2) is 5.11 Å². The molecule has 2 aromatic carbocycles. The van der Waals surface area contributed by atoms with Crippen molar-refractivity contribution in [1.29, 1.82) is 0 Å². The van der Waals surface area contributed by atoms with E-state index in [4.69, 9.17) is 0 Å². The summed E-state index contributed by atoms with van der Waals surface area (Å²) in [7, 11) is 0. The van der Waals surface area contributed by atoms with Crippen LogP contribution in [0.3, 0.4) is 0 Å². The van der Waals surface area contributed by atoms with Gasteiger partial charge in [-0.05, 0) is 35.6 Å². The van der Waals surface area contributed by atoms with Crippen molar-refractivity contribution in [3.05, 3.63) is 53.6 Å². The molecule has 17 heavy (non-hydrogen) atoms. The van der Waals surface area contributed by atoms with Crippen molar-refractivity contribution in [3.8, 4) is 16.9 Å². The molecule has 0 bridgehead atoms. The highest BCUT2D eigenvalue weighted by Gasteiger charge is 2.08. The van der Waals surface area contributed by atoms with Gasteiger partial charge in [-0.2, -0.15) is 0 Å². The molecule has 0 radical (unpaired) electrons. The minimum absolute atomic E-state index is 0.373. The molecule has 0 fully saturated rings. The zero-order valence-corrected chi connectivity index (χ0v) is 10.4. The first-order valence-corrected chi connectivity index (χ1v) is 6.16. The lowest BCUT2D eigenvalue weighted by molar-refractivity contribution is 0.476. The average molecular weight is 226 g/mol. The summed E-state index contributed by atoms with van der Waals surface area (Å²) in [6.07, 6.45) is 1.95. The Bertz CT molecular complexity index is 515. The third-order valence-electron chi connectivity index (χ3n) is 3.13. The maximum absolute atomic E-state index is 10.0. The van der Waals surface area contributed by atoms with Crippen LogP contribution >= 0.6 is 0 Å². The summed E-state index contributed by atoms with van der Waals surface area (Å²) in [6, 6.07) is 14.1. The van der Waals surface area contributed by atoms with Gasteiger partial charge in [0, 0.05) is 5.56 Å². The van der Waals surface area contributed by atoms with Gasteiger partial charge in [-0.15, -0.1) is 0 Å². The Labute approximate surface area is 103 Å². The molecule has 2 rings (SSSR count). The van der Waals surface area contributed by atoms with E-state index in [1.54, 1.807) is 6.07 Å². The van der Waals surface area contributed by atoms with Crippen LogP contribution in [0.2, 0.25) is 0 Å². The zero-order valence-electron chi connectivity index (χ0n) is 10.4. The Balaban J connectivity index is 2.58. The fourth-order valence-corrected chi connectivity index (χ4v) is 2.16. The highest BCUT2D eigenvalue weighted by molar-refractivity contribution is 5.74. The normalized spacial score (nSPS) is 10.5. The largest absolute Gasteiger partial charge is 0.507 e. The number of phenols is 1. The minimum atomic E-state index is 0.373. The van der Waals surface area contributed by atoms with Crippen LogP contribution in [-0.2, 0) is 12.8 Å². The molecule has 2 aromatic rings. The fourth-order valence-electron chi connectivity index (χ4n) is 2.16. The number of benzene rings is 2. The van der Waals surface area contributed by atoms with Gasteiger partial charge in [0.1, 0.15) is 5.75 Å². The highest BCUT2D eigenvalue weighted by atomic mass is 16.3. The standard InChI is InChI=1S/C16H18O/c1-3-12-7-5-9-14(11-12)16-13(4-2)8-6-10-15(16)17/h5-11,17H,3-4H2,1-2H3. The summed E-state index contributed by atoms with van der Waals surface area (Å²) in [6.45, 7) is 4.26. The number of aromatic hydroxyl groups is 1. The highest BCUT2D eigenvalue weighted by Crippen LogP contribution is 2.33. The van der Waals surface area contributed by atoms with E-state index < -0.39 is 0 Å². The Morgan fingerprint density at radius 1 is 0.941 bits per heavy atom. The van der Waals surface area contributed by atoms with Gasteiger partial charge in [0.05, 0.1) is 0 Å². The molecule has 0 atom stereocenters. The third kappa shape index (κ3) is 2.33. The van der Waals surface area contributed by atoms with E-state index in [1.165, 1.54) is 11.1 Å². The van der Waals surface area contributed by atoms with E-state index in [0.717, 1.165) is 24.0 Å². The van der Waals surface area contributed by atoms with Crippen LogP contribution in [0.4, 0.5) is 0 Å². The van der Waals surface area contributed by atoms with Crippen molar-refractivity contribution in [1.82, 2.24) is 0 Å². The molecule has 1 nitrogen and oxygen atoms in total. The van der Waals surface area contributed by atoms with E-state index in [0.29, 0.717) is 5.75 Å². The van der Waals surface area contributed by atoms with Crippen molar-refractivity contribution in [2.75, 3.05) is 0 Å². The van der Waals surface area contributed by atoms with Crippen LogP contribution in [0.25, 0.3) is 11.1 Å². The lowest BCUT2D eigenvalue weighted by atomic mass is 9.95. The predicted octanol–water partition coefficient (Wildman–Crippen LogP) is 4.18. The molecule has 0 aliphatic heterocycles. The molecule has 0 saturated heterocycles. The van der Waals surface area contributed by atoms with Crippen LogP contribution in [0.1, 0.15) is 25.0 Å². The summed E-state index contributed by atoms with van der Waals surface area (Å²) in [5.41, 5.74) is 4.58. The Kier molecular flexibility index (Phi) is 3.48. The second kappa shape index (κ2) is 5.05. The molecule has 0 amide bonds. The van der Waals surface area contributed by atoms with Crippen molar-refractivity contribution in [2.24, 2.45) is 0 Å². The van der Waals surface area contributed by atoms with Gasteiger partial charge in [-0.25, -0.2) is 0 Å². The van der Waals surface area contributed by atoms with Crippen LogP contribution in [0.15, 0.2) is 42.5 Å². The number of phenolic OH excluding ortho intramolecular Hbond substituents is 1. The van der Waals surface area contributed by atoms with Gasteiger partial charge in [-0.3, -0.25) is 0 Å². The van der Waals surface area contributed by atoms with Gasteiger partial charge in [0.2, 0.25) is 0 Å². The van der Waals surface area contributed by atoms with Crippen molar-refractivity contribution >= 4 is 0 Å². The van der Waals surface area contributed by atoms with E-state index in [9.17, 15) is 5.11 Å². The summed E-state index contributed by atoms with van der Waals surface area (Å²) in [5, 5.41) is 10.0. The summed E-state index contributed by atoms with van der Waals surface area (Å²) in [5.74, 6) is 0.373. The first-order chi connectivity index (χ1) is 8.26. The van der Waals surface area contributed by atoms with Crippen molar-refractivity contribution in [2.45, 2.75) is 26.7 Å². The second-order valence-electron chi connectivity index (χ2n) is 4.22. The van der Waals surface area contributed by atoms with Crippen molar-refractivity contribution in [3.63, 3.8) is 0 Å². The van der Waals surface area contributed by atoms with Gasteiger partial charge >= 0.3 is 0 Å². The molecule has 0 aliphatic carbocycles. The van der Waals surface area contributed by atoms with E-state index >= 15 is 0 Å². The third-order valence-corrected chi connectivity index (χ3v) is 3.13. The molecular weight excluding hydrogens is 208 g/mol. The zero-order chi connectivity index (χ0) is 12.3. The second-order valence-corrected chi connectivity index (χ2v) is 4.22. The van der Waals surface area contributed by atoms with E-state index in [2.05, 4.69) is 44.2 Å². The summed E-state index contributed by atoms with van der Waals surface area (Å²) >= 11 is 0. The Morgan fingerprint density at radius 2 is 1.71 bits per heavy atom. The molecule has 88 valence electrons. The lowest BCUT2D eigenvalue weighted by Crippen LogP contribution is -1.89. The van der Waals surface area contributed by atoms with Crippen LogP contribution in [0, 0.1) is 0 Å². The number of hydrogen-bond acceptors (Lipinski definition) is 1. The molecule has 0 unspecified atom stereocenters. The number of rotatable bonds is 3. The maximum atomic E-state index is 10.0. The molecule has 0 aromatic heterocycles. The monoisotopic (exact) mass is 226 g/mol. The van der Waals surface area contributed by atoms with Crippen LogP contribution in [0.5, 0.6) is 5.75 Å². The molecular formula is C16H18O. The van der Waals surface area contributed by atoms with Gasteiger partial charge in [0.15, 0.2) is 0 Å².